The summed E-state index contributed by atoms with van der Waals surface area (Å²) in [5.41, 5.74) is 2.48. The summed E-state index contributed by atoms with van der Waals surface area (Å²) < 4.78 is 12.0. The van der Waals surface area contributed by atoms with E-state index in [-0.39, 0.29) is 6.10 Å². The molecule has 2 rings (SSSR count). The fourth-order valence-corrected chi connectivity index (χ4v) is 2.51. The second kappa shape index (κ2) is 10.1. The normalized spacial score (nSPS) is 12.1. The van der Waals surface area contributed by atoms with Crippen LogP contribution in [0, 0.1) is 6.42 Å². The van der Waals surface area contributed by atoms with Crippen molar-refractivity contribution in [3.8, 4) is 5.75 Å². The van der Waals surface area contributed by atoms with E-state index in [0.29, 0.717) is 13.2 Å². The molecule has 0 aliphatic heterocycles. The Morgan fingerprint density at radius 2 is 1.78 bits per heavy atom. The van der Waals surface area contributed by atoms with Crippen LogP contribution >= 0.6 is 0 Å². The van der Waals surface area contributed by atoms with Crippen LogP contribution in [0.5, 0.6) is 5.75 Å². The Labute approximate surface area is 140 Å². The molecular weight excluding hydrogens is 284 g/mol. The summed E-state index contributed by atoms with van der Waals surface area (Å²) in [6, 6.07) is 18.6. The maximum atomic E-state index is 6.04. The SMILES string of the molecule is C[CH]Cc1cccc(OCC(CCC)OCc2ccccc2)c1. The predicted molar refractivity (Wildman–Crippen MR) is 95.5 cm³/mol. The molecule has 0 saturated heterocycles. The van der Waals surface area contributed by atoms with Crippen LogP contribution in [0.1, 0.15) is 37.8 Å². The van der Waals surface area contributed by atoms with Gasteiger partial charge in [-0.05, 0) is 42.5 Å². The van der Waals surface area contributed by atoms with Crippen molar-refractivity contribution in [3.05, 3.63) is 72.1 Å². The highest BCUT2D eigenvalue weighted by Crippen LogP contribution is 2.16. The number of ether oxygens (including phenoxy) is 2. The zero-order valence-electron chi connectivity index (χ0n) is 14.2. The van der Waals surface area contributed by atoms with Gasteiger partial charge in [0.15, 0.2) is 0 Å². The molecule has 2 heteroatoms. The van der Waals surface area contributed by atoms with E-state index in [2.05, 4.69) is 44.5 Å². The van der Waals surface area contributed by atoms with Crippen molar-refractivity contribution in [1.82, 2.24) is 0 Å². The first-order valence-corrected chi connectivity index (χ1v) is 8.47. The summed E-state index contributed by atoms with van der Waals surface area (Å²) in [5, 5.41) is 0. The molecule has 1 unspecified atom stereocenters. The lowest BCUT2D eigenvalue weighted by Crippen LogP contribution is -2.21. The van der Waals surface area contributed by atoms with Gasteiger partial charge in [0.25, 0.3) is 0 Å². The van der Waals surface area contributed by atoms with Crippen molar-refractivity contribution < 1.29 is 9.47 Å². The zero-order chi connectivity index (χ0) is 16.3. The van der Waals surface area contributed by atoms with Gasteiger partial charge in [-0.15, -0.1) is 0 Å². The predicted octanol–water partition coefficient (Wildman–Crippen LogP) is 5.22. The Balaban J connectivity index is 1.85. The molecule has 2 aromatic rings. The Bertz CT molecular complexity index is 551. The van der Waals surface area contributed by atoms with E-state index in [1.54, 1.807) is 0 Å². The van der Waals surface area contributed by atoms with Crippen LogP contribution in [0.25, 0.3) is 0 Å². The summed E-state index contributed by atoms with van der Waals surface area (Å²) in [5.74, 6) is 0.925. The van der Waals surface area contributed by atoms with Crippen LogP contribution in [0.2, 0.25) is 0 Å². The van der Waals surface area contributed by atoms with Crippen molar-refractivity contribution in [2.45, 2.75) is 45.8 Å². The Morgan fingerprint density at radius 3 is 2.52 bits per heavy atom. The van der Waals surface area contributed by atoms with Gasteiger partial charge in [-0.2, -0.15) is 0 Å². The van der Waals surface area contributed by atoms with Gasteiger partial charge in [0.1, 0.15) is 12.4 Å². The zero-order valence-corrected chi connectivity index (χ0v) is 14.2. The summed E-state index contributed by atoms with van der Waals surface area (Å²) in [6.45, 7) is 5.48. The third-order valence-corrected chi connectivity index (χ3v) is 3.71. The molecule has 0 aliphatic rings. The number of hydrogen-bond donors (Lipinski definition) is 0. The minimum absolute atomic E-state index is 0.126. The lowest BCUT2D eigenvalue weighted by atomic mass is 10.1. The van der Waals surface area contributed by atoms with Gasteiger partial charge in [-0.1, -0.05) is 62.7 Å². The van der Waals surface area contributed by atoms with Crippen LogP contribution in [-0.4, -0.2) is 12.7 Å². The highest BCUT2D eigenvalue weighted by molar-refractivity contribution is 5.29. The van der Waals surface area contributed by atoms with Gasteiger partial charge < -0.3 is 9.47 Å². The lowest BCUT2D eigenvalue weighted by molar-refractivity contribution is 0.00421. The average Bonchev–Trinajstić information content (AvgIpc) is 2.59. The maximum Gasteiger partial charge on any atom is 0.119 e. The fourth-order valence-electron chi connectivity index (χ4n) is 2.51. The third-order valence-electron chi connectivity index (χ3n) is 3.71. The van der Waals surface area contributed by atoms with Crippen molar-refractivity contribution >= 4 is 0 Å². The molecule has 0 aliphatic carbocycles. The molecule has 0 saturated carbocycles. The molecule has 23 heavy (non-hydrogen) atoms. The van der Waals surface area contributed by atoms with Crippen molar-refractivity contribution in [2.24, 2.45) is 0 Å². The second-order valence-corrected chi connectivity index (χ2v) is 5.78. The average molecular weight is 311 g/mol. The van der Waals surface area contributed by atoms with Gasteiger partial charge in [0.2, 0.25) is 0 Å². The topological polar surface area (TPSA) is 18.5 Å². The third kappa shape index (κ3) is 6.45. The molecular formula is C21H27O2. The van der Waals surface area contributed by atoms with Gasteiger partial charge in [0, 0.05) is 0 Å². The van der Waals surface area contributed by atoms with E-state index >= 15 is 0 Å². The first-order valence-electron chi connectivity index (χ1n) is 8.47. The summed E-state index contributed by atoms with van der Waals surface area (Å²) in [6.07, 6.45) is 5.35. The minimum Gasteiger partial charge on any atom is -0.491 e. The Hall–Kier alpha value is -1.80. The van der Waals surface area contributed by atoms with Gasteiger partial charge in [-0.3, -0.25) is 0 Å². The molecule has 2 aromatic carbocycles. The Kier molecular flexibility index (Phi) is 7.68. The number of benzene rings is 2. The summed E-state index contributed by atoms with van der Waals surface area (Å²) in [4.78, 5) is 0. The van der Waals surface area contributed by atoms with Crippen molar-refractivity contribution in [1.29, 1.82) is 0 Å². The molecule has 0 fully saturated rings. The van der Waals surface area contributed by atoms with Crippen LogP contribution in [0.4, 0.5) is 0 Å². The molecule has 0 N–H and O–H groups in total. The van der Waals surface area contributed by atoms with E-state index in [1.165, 1.54) is 11.1 Å². The van der Waals surface area contributed by atoms with E-state index < -0.39 is 0 Å². The molecule has 0 bridgehead atoms. The van der Waals surface area contributed by atoms with Crippen LogP contribution in [-0.2, 0) is 17.8 Å². The smallest absolute Gasteiger partial charge is 0.119 e. The molecule has 1 atom stereocenters. The molecule has 0 aromatic heterocycles. The first kappa shape index (κ1) is 17.6. The van der Waals surface area contributed by atoms with Gasteiger partial charge in [-0.25, -0.2) is 0 Å². The quantitative estimate of drug-likeness (QED) is 0.599. The maximum absolute atomic E-state index is 6.04. The molecule has 0 spiro atoms. The van der Waals surface area contributed by atoms with Gasteiger partial charge in [0.05, 0.1) is 12.7 Å². The fraction of sp³-hybridized carbons (Fsp3) is 0.381. The van der Waals surface area contributed by atoms with E-state index in [9.17, 15) is 0 Å². The second-order valence-electron chi connectivity index (χ2n) is 5.78. The molecule has 1 radical (unpaired) electrons. The molecule has 0 heterocycles. The van der Waals surface area contributed by atoms with Crippen LogP contribution in [0.15, 0.2) is 54.6 Å². The van der Waals surface area contributed by atoms with Gasteiger partial charge >= 0.3 is 0 Å². The largest absolute Gasteiger partial charge is 0.491 e. The van der Waals surface area contributed by atoms with E-state index in [4.69, 9.17) is 9.47 Å². The van der Waals surface area contributed by atoms with Crippen LogP contribution < -0.4 is 4.74 Å². The molecule has 123 valence electrons. The molecule has 0 amide bonds. The van der Waals surface area contributed by atoms with Crippen LogP contribution in [0.3, 0.4) is 0 Å². The summed E-state index contributed by atoms with van der Waals surface area (Å²) in [7, 11) is 0. The molecule has 2 nitrogen and oxygen atoms in total. The van der Waals surface area contributed by atoms with Crippen molar-refractivity contribution in [2.75, 3.05) is 6.61 Å². The standard InChI is InChI=1S/C21H27O2/c1-3-9-18-13-8-14-20(15-18)23-17-21(10-4-2)22-16-19-11-6-5-7-12-19/h3,5-8,11-15,21H,4,9-10,16-17H2,1-2H3. The van der Waals surface area contributed by atoms with E-state index in [0.717, 1.165) is 25.0 Å². The first-order chi connectivity index (χ1) is 11.3. The number of hydrogen-bond acceptors (Lipinski definition) is 2. The minimum atomic E-state index is 0.126. The summed E-state index contributed by atoms with van der Waals surface area (Å²) >= 11 is 0. The number of rotatable bonds is 10. The highest BCUT2D eigenvalue weighted by atomic mass is 16.5. The lowest BCUT2D eigenvalue weighted by Gasteiger charge is -2.18. The van der Waals surface area contributed by atoms with E-state index in [1.807, 2.05) is 30.3 Å². The Morgan fingerprint density at radius 1 is 1.00 bits per heavy atom. The highest BCUT2D eigenvalue weighted by Gasteiger charge is 2.10. The monoisotopic (exact) mass is 311 g/mol. The van der Waals surface area contributed by atoms with Crippen molar-refractivity contribution in [3.63, 3.8) is 0 Å².